The molecule has 3 N–H and O–H groups in total. The fourth-order valence-electron chi connectivity index (χ4n) is 3.89. The van der Waals surface area contributed by atoms with E-state index in [0.717, 1.165) is 49.1 Å². The van der Waals surface area contributed by atoms with Crippen molar-refractivity contribution in [2.45, 2.75) is 18.9 Å². The number of anilines is 1. The lowest BCUT2D eigenvalue weighted by Gasteiger charge is -2.25. The van der Waals surface area contributed by atoms with Crippen LogP contribution in [0.2, 0.25) is 0 Å². The summed E-state index contributed by atoms with van der Waals surface area (Å²) in [6, 6.07) is 18.0. The number of nitrogens with zero attached hydrogens (tertiary/aromatic N) is 2. The van der Waals surface area contributed by atoms with Crippen LogP contribution in [0.25, 0.3) is 10.9 Å². The molecule has 27 heavy (non-hydrogen) atoms. The van der Waals surface area contributed by atoms with Gasteiger partial charge in [0.15, 0.2) is 0 Å². The second-order valence-corrected chi connectivity index (χ2v) is 7.17. The number of para-hydroxylation sites is 2. The van der Waals surface area contributed by atoms with Gasteiger partial charge in [0.05, 0.1) is 6.04 Å². The fraction of sp³-hybridized carbons (Fsp3) is 0.318. The Labute approximate surface area is 159 Å². The summed E-state index contributed by atoms with van der Waals surface area (Å²) in [5.41, 5.74) is 9.71. The summed E-state index contributed by atoms with van der Waals surface area (Å²) < 4.78 is 0. The van der Waals surface area contributed by atoms with Crippen LogP contribution in [0, 0.1) is 0 Å². The zero-order valence-corrected chi connectivity index (χ0v) is 15.5. The third kappa shape index (κ3) is 3.83. The lowest BCUT2D eigenvalue weighted by molar-refractivity contribution is -0.132. The average Bonchev–Trinajstić information content (AvgIpc) is 2.95. The van der Waals surface area contributed by atoms with Crippen LogP contribution in [0.1, 0.15) is 12.0 Å². The number of nitrogens with two attached hydrogens (primary N) is 1. The summed E-state index contributed by atoms with van der Waals surface area (Å²) in [5, 5.41) is 1.15. The number of benzene rings is 2. The molecule has 5 nitrogen and oxygen atoms in total. The van der Waals surface area contributed by atoms with Crippen LogP contribution in [0.3, 0.4) is 0 Å². The second-order valence-electron chi connectivity index (χ2n) is 7.17. The summed E-state index contributed by atoms with van der Waals surface area (Å²) in [6.45, 7) is 3.29. The van der Waals surface area contributed by atoms with Gasteiger partial charge in [0.2, 0.25) is 5.91 Å². The lowest BCUT2D eigenvalue weighted by atomic mass is 10.0. The number of carbonyl (C=O) groups excluding carboxylic acids is 1. The second kappa shape index (κ2) is 7.84. The van der Waals surface area contributed by atoms with Crippen molar-refractivity contribution in [3.05, 3.63) is 66.4 Å². The minimum atomic E-state index is -0.507. The van der Waals surface area contributed by atoms with Crippen molar-refractivity contribution in [3.63, 3.8) is 0 Å². The third-order valence-electron chi connectivity index (χ3n) is 5.36. The highest BCUT2D eigenvalue weighted by molar-refractivity contribution is 5.86. The molecule has 0 bridgehead atoms. The number of aromatic nitrogens is 1. The van der Waals surface area contributed by atoms with Gasteiger partial charge in [-0.1, -0.05) is 36.4 Å². The molecule has 1 saturated heterocycles. The first-order valence-electron chi connectivity index (χ1n) is 9.62. The molecule has 4 rings (SSSR count). The number of amides is 1. The van der Waals surface area contributed by atoms with Gasteiger partial charge in [0.1, 0.15) is 0 Å². The Balaban J connectivity index is 1.40. The van der Waals surface area contributed by atoms with E-state index >= 15 is 0 Å². The number of fused-ring (bicyclic) bond motifs is 1. The standard InChI is InChI=1S/C22H26N4O/c23-20(15-17-16-24-21-10-5-4-9-19(17)21)22(27)26-12-6-11-25(13-14-26)18-7-2-1-3-8-18/h1-5,7-10,16,20,24H,6,11-15,23H2/t20-/m1/s1. The molecule has 2 heterocycles. The van der Waals surface area contributed by atoms with Crippen molar-refractivity contribution in [1.82, 2.24) is 9.88 Å². The molecule has 140 valence electrons. The van der Waals surface area contributed by atoms with Gasteiger partial charge in [-0.3, -0.25) is 4.79 Å². The fourth-order valence-corrected chi connectivity index (χ4v) is 3.89. The topological polar surface area (TPSA) is 65.4 Å². The van der Waals surface area contributed by atoms with Gasteiger partial charge in [-0.05, 0) is 36.6 Å². The van der Waals surface area contributed by atoms with E-state index in [0.29, 0.717) is 6.42 Å². The van der Waals surface area contributed by atoms with Gasteiger partial charge in [0, 0.05) is 49.0 Å². The Kier molecular flexibility index (Phi) is 5.12. The average molecular weight is 362 g/mol. The Morgan fingerprint density at radius 1 is 1.00 bits per heavy atom. The molecule has 0 unspecified atom stereocenters. The Bertz CT molecular complexity index is 905. The quantitative estimate of drug-likeness (QED) is 0.750. The van der Waals surface area contributed by atoms with Crippen molar-refractivity contribution >= 4 is 22.5 Å². The number of carbonyl (C=O) groups is 1. The highest BCUT2D eigenvalue weighted by Gasteiger charge is 2.24. The molecule has 1 fully saturated rings. The van der Waals surface area contributed by atoms with Crippen molar-refractivity contribution < 1.29 is 4.79 Å². The number of hydrogen-bond acceptors (Lipinski definition) is 3. The SMILES string of the molecule is N[C@H](Cc1c[nH]c2ccccc12)C(=O)N1CCCN(c2ccccc2)CC1. The highest BCUT2D eigenvalue weighted by Crippen LogP contribution is 2.20. The minimum absolute atomic E-state index is 0.0511. The first-order chi connectivity index (χ1) is 13.2. The molecule has 1 aromatic heterocycles. The van der Waals surface area contributed by atoms with E-state index in [-0.39, 0.29) is 5.91 Å². The van der Waals surface area contributed by atoms with Gasteiger partial charge in [-0.15, -0.1) is 0 Å². The smallest absolute Gasteiger partial charge is 0.239 e. The molecule has 1 amide bonds. The van der Waals surface area contributed by atoms with E-state index in [4.69, 9.17) is 5.73 Å². The number of rotatable bonds is 4. The maximum atomic E-state index is 12.9. The number of H-pyrrole nitrogens is 1. The largest absolute Gasteiger partial charge is 0.370 e. The molecule has 2 aromatic carbocycles. The van der Waals surface area contributed by atoms with Crippen molar-refractivity contribution in [1.29, 1.82) is 0 Å². The van der Waals surface area contributed by atoms with Crippen molar-refractivity contribution in [2.75, 3.05) is 31.1 Å². The zero-order chi connectivity index (χ0) is 18.6. The summed E-state index contributed by atoms with van der Waals surface area (Å²) in [6.07, 6.45) is 3.49. The van der Waals surface area contributed by atoms with E-state index in [2.05, 4.69) is 40.2 Å². The summed E-state index contributed by atoms with van der Waals surface area (Å²) in [4.78, 5) is 20.5. The molecule has 0 aliphatic carbocycles. The number of hydrogen-bond donors (Lipinski definition) is 2. The van der Waals surface area contributed by atoms with E-state index in [1.165, 1.54) is 5.69 Å². The normalized spacial score (nSPS) is 16.3. The van der Waals surface area contributed by atoms with E-state index in [9.17, 15) is 4.79 Å². The van der Waals surface area contributed by atoms with Crippen molar-refractivity contribution in [3.8, 4) is 0 Å². The van der Waals surface area contributed by atoms with E-state index in [1.54, 1.807) is 0 Å². The monoisotopic (exact) mass is 362 g/mol. The van der Waals surface area contributed by atoms with Gasteiger partial charge in [-0.25, -0.2) is 0 Å². The predicted octanol–water partition coefficient (Wildman–Crippen LogP) is 2.78. The molecule has 0 saturated carbocycles. The Morgan fingerprint density at radius 3 is 2.63 bits per heavy atom. The van der Waals surface area contributed by atoms with Gasteiger partial charge in [-0.2, -0.15) is 0 Å². The van der Waals surface area contributed by atoms with Crippen LogP contribution < -0.4 is 10.6 Å². The highest BCUT2D eigenvalue weighted by atomic mass is 16.2. The lowest BCUT2D eigenvalue weighted by Crippen LogP contribution is -2.46. The molecule has 0 radical (unpaired) electrons. The predicted molar refractivity (Wildman–Crippen MR) is 110 cm³/mol. The molecule has 0 spiro atoms. The summed E-state index contributed by atoms with van der Waals surface area (Å²) >= 11 is 0. The first-order valence-corrected chi connectivity index (χ1v) is 9.62. The molecular formula is C22H26N4O. The van der Waals surface area contributed by atoms with Crippen LogP contribution in [-0.4, -0.2) is 48.0 Å². The molecular weight excluding hydrogens is 336 g/mol. The zero-order valence-electron chi connectivity index (χ0n) is 15.5. The molecule has 1 atom stereocenters. The summed E-state index contributed by atoms with van der Waals surface area (Å²) in [7, 11) is 0. The Morgan fingerprint density at radius 2 is 1.78 bits per heavy atom. The molecule has 1 aliphatic heterocycles. The Hall–Kier alpha value is -2.79. The maximum absolute atomic E-state index is 12.9. The van der Waals surface area contributed by atoms with Crippen LogP contribution in [0.15, 0.2) is 60.8 Å². The molecule has 5 heteroatoms. The molecule has 3 aromatic rings. The van der Waals surface area contributed by atoms with Gasteiger partial charge >= 0.3 is 0 Å². The molecule has 1 aliphatic rings. The van der Waals surface area contributed by atoms with Gasteiger partial charge < -0.3 is 20.5 Å². The van der Waals surface area contributed by atoms with Crippen LogP contribution in [0.4, 0.5) is 5.69 Å². The van der Waals surface area contributed by atoms with Crippen LogP contribution in [-0.2, 0) is 11.2 Å². The summed E-state index contributed by atoms with van der Waals surface area (Å²) in [5.74, 6) is 0.0511. The number of nitrogens with one attached hydrogen (secondary N) is 1. The van der Waals surface area contributed by atoms with E-state index in [1.807, 2.05) is 35.4 Å². The van der Waals surface area contributed by atoms with Crippen LogP contribution in [0.5, 0.6) is 0 Å². The first kappa shape index (κ1) is 17.6. The number of aromatic amines is 1. The third-order valence-corrected chi connectivity index (χ3v) is 5.36. The van der Waals surface area contributed by atoms with Gasteiger partial charge in [0.25, 0.3) is 0 Å². The van der Waals surface area contributed by atoms with Crippen molar-refractivity contribution in [2.24, 2.45) is 5.73 Å². The minimum Gasteiger partial charge on any atom is -0.370 e. The van der Waals surface area contributed by atoms with Crippen LogP contribution >= 0.6 is 0 Å². The van der Waals surface area contributed by atoms with E-state index < -0.39 is 6.04 Å². The maximum Gasteiger partial charge on any atom is 0.239 e.